The third-order valence-corrected chi connectivity index (χ3v) is 8.01. The Kier molecular flexibility index (Phi) is 8.44. The molecule has 1 amide bonds. The molecule has 0 saturated carbocycles. The number of unbranched alkanes of at least 4 members (excludes halogenated alkanes) is 1. The van der Waals surface area contributed by atoms with Crippen molar-refractivity contribution in [1.82, 2.24) is 4.98 Å². The van der Waals surface area contributed by atoms with Gasteiger partial charge in [-0.25, -0.2) is 9.78 Å². The van der Waals surface area contributed by atoms with E-state index in [4.69, 9.17) is 18.6 Å². The van der Waals surface area contributed by atoms with Crippen molar-refractivity contribution in [3.05, 3.63) is 92.3 Å². The number of fused-ring (bicyclic) bond motifs is 2. The molecule has 2 aromatic heterocycles. The molecular weight excluding hydrogens is 556 g/mol. The van der Waals surface area contributed by atoms with E-state index in [2.05, 4.69) is 18.5 Å². The monoisotopic (exact) mass is 588 g/mol. The molecule has 0 bridgehead atoms. The maximum Gasteiger partial charge on any atom is 0.350 e. The molecule has 4 aromatic rings. The van der Waals surface area contributed by atoms with Crippen molar-refractivity contribution in [1.29, 1.82) is 0 Å². The summed E-state index contributed by atoms with van der Waals surface area (Å²) in [5, 5.41) is 0.613. The van der Waals surface area contributed by atoms with Gasteiger partial charge >= 0.3 is 5.97 Å². The largest absolute Gasteiger partial charge is 0.490 e. The normalized spacial score (nSPS) is 14.2. The number of rotatable bonds is 11. The molecule has 0 saturated heterocycles. The first-order chi connectivity index (χ1) is 20.3. The number of carbonyl (C=O) groups excluding carboxylic acids is 2. The quantitative estimate of drug-likeness (QED) is 0.110. The number of nitrogens with zero attached hydrogens (tertiary/aromatic N) is 2. The average molecular weight is 589 g/mol. The summed E-state index contributed by atoms with van der Waals surface area (Å²) in [5.41, 5.74) is 2.10. The van der Waals surface area contributed by atoms with Crippen LogP contribution in [0.5, 0.6) is 11.5 Å². The van der Waals surface area contributed by atoms with Crippen molar-refractivity contribution in [2.75, 3.05) is 24.7 Å². The topological polar surface area (TPSA) is 108 Å². The highest BCUT2D eigenvalue weighted by molar-refractivity contribution is 7.17. The predicted molar refractivity (Wildman–Crippen MR) is 161 cm³/mol. The van der Waals surface area contributed by atoms with Crippen molar-refractivity contribution in [3.8, 4) is 11.5 Å². The van der Waals surface area contributed by atoms with Gasteiger partial charge in [0.2, 0.25) is 5.76 Å². The number of anilines is 1. The van der Waals surface area contributed by atoms with E-state index >= 15 is 0 Å². The van der Waals surface area contributed by atoms with Gasteiger partial charge in [0.05, 0.1) is 35.9 Å². The fraction of sp³-hybridized carbons (Fsp3) is 0.312. The molecule has 3 heterocycles. The van der Waals surface area contributed by atoms with Gasteiger partial charge in [-0.1, -0.05) is 55.0 Å². The Morgan fingerprint density at radius 2 is 1.93 bits per heavy atom. The number of carbonyl (C=O) groups is 2. The summed E-state index contributed by atoms with van der Waals surface area (Å²) >= 11 is 1.02. The Labute approximate surface area is 247 Å². The van der Waals surface area contributed by atoms with Gasteiger partial charge in [-0.2, -0.15) is 0 Å². The number of ether oxygens (including phenoxy) is 3. The van der Waals surface area contributed by atoms with Crippen LogP contribution < -0.4 is 19.8 Å². The summed E-state index contributed by atoms with van der Waals surface area (Å²) in [5.74, 6) is -0.0954. The number of esters is 1. The summed E-state index contributed by atoms with van der Waals surface area (Å²) in [6, 6.07) is 9.75. The number of benzene rings is 2. The summed E-state index contributed by atoms with van der Waals surface area (Å²) in [4.78, 5) is 47.0. The molecule has 218 valence electrons. The van der Waals surface area contributed by atoms with E-state index in [1.807, 2.05) is 26.0 Å². The molecular formula is C32H32N2O7S. The fourth-order valence-electron chi connectivity index (χ4n) is 4.88. The zero-order chi connectivity index (χ0) is 30.0. The lowest BCUT2D eigenvalue weighted by Gasteiger charge is -2.23. The van der Waals surface area contributed by atoms with Crippen molar-refractivity contribution < 1.29 is 28.2 Å². The van der Waals surface area contributed by atoms with E-state index in [9.17, 15) is 14.4 Å². The lowest BCUT2D eigenvalue weighted by Crippen LogP contribution is -2.29. The summed E-state index contributed by atoms with van der Waals surface area (Å²) < 4.78 is 23.2. The highest BCUT2D eigenvalue weighted by atomic mass is 32.1. The minimum absolute atomic E-state index is 0.0412. The van der Waals surface area contributed by atoms with E-state index in [0.29, 0.717) is 46.9 Å². The number of thiazole rings is 1. The van der Waals surface area contributed by atoms with E-state index in [1.165, 1.54) is 11.0 Å². The first-order valence-electron chi connectivity index (χ1n) is 13.8. The molecule has 9 nitrogen and oxygen atoms in total. The number of aromatic nitrogens is 1. The SMILES string of the molecule is C=CCOC(=O)c1sc(N2C(=O)c3oc4ccc(C)cc4c(=O)c3C2c2ccc(OCCCC)c(OCC)c2)nc1C. The number of hydrogen-bond donors (Lipinski definition) is 0. The van der Waals surface area contributed by atoms with Crippen LogP contribution >= 0.6 is 11.3 Å². The Balaban J connectivity index is 1.69. The zero-order valence-electron chi connectivity index (χ0n) is 24.0. The Hall–Kier alpha value is -4.44. The first kappa shape index (κ1) is 29.1. The van der Waals surface area contributed by atoms with Crippen LogP contribution in [0.1, 0.15) is 75.3 Å². The minimum Gasteiger partial charge on any atom is -0.490 e. The molecule has 0 fully saturated rings. The minimum atomic E-state index is -0.889. The van der Waals surface area contributed by atoms with Crippen molar-refractivity contribution in [2.45, 2.75) is 46.6 Å². The van der Waals surface area contributed by atoms with Crippen LogP contribution in [0.25, 0.3) is 11.0 Å². The second-order valence-corrected chi connectivity index (χ2v) is 10.9. The van der Waals surface area contributed by atoms with Gasteiger partial charge in [-0.3, -0.25) is 14.5 Å². The smallest absolute Gasteiger partial charge is 0.350 e. The van der Waals surface area contributed by atoms with Gasteiger partial charge < -0.3 is 18.6 Å². The highest BCUT2D eigenvalue weighted by Gasteiger charge is 2.45. The molecule has 1 aliphatic heterocycles. The Morgan fingerprint density at radius 3 is 2.67 bits per heavy atom. The maximum atomic E-state index is 14.0. The van der Waals surface area contributed by atoms with Gasteiger partial charge in [0.25, 0.3) is 5.91 Å². The van der Waals surface area contributed by atoms with Gasteiger partial charge in [-0.05, 0) is 57.0 Å². The third-order valence-electron chi connectivity index (χ3n) is 6.87. The van der Waals surface area contributed by atoms with E-state index in [-0.39, 0.29) is 33.4 Å². The Bertz CT molecular complexity index is 1740. The second kappa shape index (κ2) is 12.2. The molecule has 0 N–H and O–H groups in total. The second-order valence-electron chi connectivity index (χ2n) is 9.89. The van der Waals surface area contributed by atoms with Gasteiger partial charge in [0.1, 0.15) is 17.1 Å². The maximum absolute atomic E-state index is 14.0. The standard InChI is InChI=1S/C32H32N2O7S/c1-6-9-15-39-23-13-11-20(17-24(23)38-8-3)26-25-27(35)21-16-18(4)10-12-22(21)41-28(25)30(36)34(26)32-33-19(5)29(42-32)31(37)40-14-7-2/h7,10-13,16-17,26H,2,6,8-9,14-15H2,1,3-5H3. The van der Waals surface area contributed by atoms with Crippen molar-refractivity contribution >= 4 is 39.3 Å². The van der Waals surface area contributed by atoms with Gasteiger partial charge in [-0.15, -0.1) is 0 Å². The van der Waals surface area contributed by atoms with Crippen LogP contribution in [-0.4, -0.2) is 36.7 Å². The fourth-order valence-corrected chi connectivity index (χ4v) is 5.87. The summed E-state index contributed by atoms with van der Waals surface area (Å²) in [6.45, 7) is 12.1. The van der Waals surface area contributed by atoms with Crippen LogP contribution in [0, 0.1) is 13.8 Å². The molecule has 5 rings (SSSR count). The lowest BCUT2D eigenvalue weighted by molar-refractivity contribution is 0.0554. The molecule has 2 aromatic carbocycles. The molecule has 0 spiro atoms. The number of amides is 1. The molecule has 0 aliphatic carbocycles. The van der Waals surface area contributed by atoms with E-state index in [0.717, 1.165) is 29.7 Å². The van der Waals surface area contributed by atoms with Gasteiger partial charge in [0, 0.05) is 0 Å². The lowest BCUT2D eigenvalue weighted by atomic mass is 9.98. The van der Waals surface area contributed by atoms with E-state index in [1.54, 1.807) is 31.2 Å². The molecule has 1 aliphatic rings. The third kappa shape index (κ3) is 5.30. The molecule has 0 radical (unpaired) electrons. The summed E-state index contributed by atoms with van der Waals surface area (Å²) in [7, 11) is 0. The molecule has 1 unspecified atom stereocenters. The summed E-state index contributed by atoms with van der Waals surface area (Å²) in [6.07, 6.45) is 3.35. The van der Waals surface area contributed by atoms with Crippen LogP contribution in [0.2, 0.25) is 0 Å². The van der Waals surface area contributed by atoms with Crippen LogP contribution in [0.15, 0.2) is 58.3 Å². The van der Waals surface area contributed by atoms with Gasteiger partial charge in [0.15, 0.2) is 22.1 Å². The first-order valence-corrected chi connectivity index (χ1v) is 14.7. The molecule has 42 heavy (non-hydrogen) atoms. The number of aryl methyl sites for hydroxylation is 2. The van der Waals surface area contributed by atoms with Crippen molar-refractivity contribution in [3.63, 3.8) is 0 Å². The molecule has 1 atom stereocenters. The number of hydrogen-bond acceptors (Lipinski definition) is 9. The average Bonchev–Trinajstić information content (AvgIpc) is 3.50. The van der Waals surface area contributed by atoms with E-state index < -0.39 is 17.9 Å². The Morgan fingerprint density at radius 1 is 1.12 bits per heavy atom. The van der Waals surface area contributed by atoms with Crippen molar-refractivity contribution in [2.24, 2.45) is 0 Å². The highest BCUT2D eigenvalue weighted by Crippen LogP contribution is 2.45. The predicted octanol–water partition coefficient (Wildman–Crippen LogP) is 6.54. The van der Waals surface area contributed by atoms with Crippen LogP contribution in [-0.2, 0) is 4.74 Å². The van der Waals surface area contributed by atoms with Crippen LogP contribution in [0.3, 0.4) is 0 Å². The van der Waals surface area contributed by atoms with Crippen LogP contribution in [0.4, 0.5) is 5.13 Å². The zero-order valence-corrected chi connectivity index (χ0v) is 24.8. The molecule has 10 heteroatoms.